The van der Waals surface area contributed by atoms with Gasteiger partial charge in [0.15, 0.2) is 0 Å². The van der Waals surface area contributed by atoms with Gasteiger partial charge in [-0.3, -0.25) is 9.59 Å². The molecule has 0 aliphatic rings. The van der Waals surface area contributed by atoms with Gasteiger partial charge < -0.3 is 15.5 Å². The first-order valence-corrected chi connectivity index (χ1v) is 11.8. The summed E-state index contributed by atoms with van der Waals surface area (Å²) < 4.78 is 1.26. The Kier molecular flexibility index (Phi) is 6.72. The van der Waals surface area contributed by atoms with Gasteiger partial charge in [-0.1, -0.05) is 48.5 Å². The number of fused-ring (bicyclic) bond motifs is 1. The molecule has 166 valence electrons. The highest BCUT2D eigenvalue weighted by Crippen LogP contribution is 2.27. The lowest BCUT2D eigenvalue weighted by Crippen LogP contribution is -2.43. The molecule has 0 unspecified atom stereocenters. The third kappa shape index (κ3) is 4.76. The third-order valence-corrected chi connectivity index (χ3v) is 6.96. The van der Waals surface area contributed by atoms with Crippen LogP contribution in [0.2, 0.25) is 0 Å². The van der Waals surface area contributed by atoms with Gasteiger partial charge in [-0.2, -0.15) is 0 Å². The number of benzene rings is 2. The molecule has 1 heterocycles. The van der Waals surface area contributed by atoms with E-state index in [0.29, 0.717) is 17.9 Å². The van der Waals surface area contributed by atoms with Gasteiger partial charge in [-0.25, -0.2) is 0 Å². The number of anilines is 2. The molecule has 5 nitrogen and oxygen atoms in total. The number of hydrogen-bond donors (Lipinski definition) is 2. The fourth-order valence-corrected chi connectivity index (χ4v) is 5.04. The Labute approximate surface area is 192 Å². The summed E-state index contributed by atoms with van der Waals surface area (Å²) in [5.41, 5.74) is 2.47. The van der Waals surface area contributed by atoms with Crippen LogP contribution in [0.5, 0.6) is 0 Å². The number of nitrogens with one attached hydrogen (secondary N) is 2. The van der Waals surface area contributed by atoms with Crippen molar-refractivity contribution in [3.05, 3.63) is 91.6 Å². The van der Waals surface area contributed by atoms with E-state index in [-0.39, 0.29) is 12.1 Å². The zero-order valence-corrected chi connectivity index (χ0v) is 19.5. The fraction of sp³-hybridized carbons (Fsp3) is 0.308. The van der Waals surface area contributed by atoms with Gasteiger partial charge in [0.25, 0.3) is 10.9 Å². The van der Waals surface area contributed by atoms with E-state index in [1.807, 2.05) is 51.4 Å². The van der Waals surface area contributed by atoms with Crippen molar-refractivity contribution in [3.8, 4) is 0 Å². The Balaban J connectivity index is 1.41. The van der Waals surface area contributed by atoms with Crippen molar-refractivity contribution in [1.82, 2.24) is 4.90 Å². The summed E-state index contributed by atoms with van der Waals surface area (Å²) in [5, 5.41) is 9.97. The van der Waals surface area contributed by atoms with Crippen LogP contribution in [0.25, 0.3) is 10.1 Å². The zero-order chi connectivity index (χ0) is 22.7. The summed E-state index contributed by atoms with van der Waals surface area (Å²) in [4.78, 5) is 26.7. The molecule has 0 aliphatic carbocycles. The molecule has 32 heavy (non-hydrogen) atoms. The fourth-order valence-electron chi connectivity index (χ4n) is 4.06. The molecule has 2 N–H and O–H groups in total. The molecule has 4 rings (SSSR count). The Morgan fingerprint density at radius 3 is 2.34 bits per heavy atom. The van der Waals surface area contributed by atoms with E-state index in [1.54, 1.807) is 11.3 Å². The molecule has 3 aromatic carbocycles. The highest BCUT2D eigenvalue weighted by Gasteiger charge is 2.24. The van der Waals surface area contributed by atoms with Gasteiger partial charge in [0.2, 0.25) is 0 Å². The van der Waals surface area contributed by atoms with E-state index in [4.69, 9.17) is 0 Å². The monoisotopic (exact) mass is 447 g/mol. The molecular weight excluding hydrogens is 418 g/mol. The maximum Gasteiger partial charge on any atom is 0.253 e. The minimum atomic E-state index is -0.432. The van der Waals surface area contributed by atoms with Crippen LogP contribution in [0, 0.1) is 0 Å². The first kappa shape index (κ1) is 22.2. The van der Waals surface area contributed by atoms with Crippen LogP contribution in [0.1, 0.15) is 18.1 Å². The molecule has 0 fully saturated rings. The average Bonchev–Trinajstić information content (AvgIpc) is 3.20. The minimum absolute atomic E-state index is 0.0332. The molecule has 4 aromatic rings. The topological polar surface area (TPSA) is 61.4 Å². The largest absolute Gasteiger partial charge is 0.378 e. The molecule has 0 bridgehead atoms. The summed E-state index contributed by atoms with van der Waals surface area (Å²) in [6.07, 6.45) is 1.65. The number of nitrogens with zero attached hydrogens (tertiary/aromatic N) is 1. The van der Waals surface area contributed by atoms with Gasteiger partial charge in [0.05, 0.1) is 0 Å². The van der Waals surface area contributed by atoms with Gasteiger partial charge in [0.1, 0.15) is 11.4 Å². The predicted molar refractivity (Wildman–Crippen MR) is 136 cm³/mol. The molecule has 0 amide bonds. The van der Waals surface area contributed by atoms with Crippen LogP contribution < -0.4 is 21.5 Å². The molecule has 0 spiro atoms. The van der Waals surface area contributed by atoms with Crippen LogP contribution in [-0.4, -0.2) is 37.6 Å². The minimum Gasteiger partial charge on any atom is -0.378 e. The second-order valence-electron chi connectivity index (χ2n) is 8.60. The summed E-state index contributed by atoms with van der Waals surface area (Å²) in [6, 6.07) is 18.9. The molecular formula is C26H29N3O2S. The highest BCUT2D eigenvalue weighted by molar-refractivity contribution is 7.17. The van der Waals surface area contributed by atoms with Gasteiger partial charge in [-0.15, -0.1) is 11.3 Å². The second kappa shape index (κ2) is 9.67. The Hall–Kier alpha value is -2.96. The van der Waals surface area contributed by atoms with E-state index in [2.05, 4.69) is 45.2 Å². The zero-order valence-electron chi connectivity index (χ0n) is 18.7. The van der Waals surface area contributed by atoms with E-state index in [0.717, 1.165) is 12.8 Å². The molecule has 0 saturated carbocycles. The van der Waals surface area contributed by atoms with Crippen molar-refractivity contribution in [2.45, 2.75) is 31.8 Å². The highest BCUT2D eigenvalue weighted by atomic mass is 32.1. The van der Waals surface area contributed by atoms with Crippen molar-refractivity contribution in [2.24, 2.45) is 0 Å². The standard InChI is InChI=1S/C26H29N3O2S/c1-17(13-19-16-32-22-12-8-7-11-21(19)22)28-24-23(25(30)26(24)31)27-15-20(29(2)3)14-18-9-5-4-6-10-18/h4-12,16-17,20,27-28H,13-15H2,1-3H3/t17-,20-/m0/s1. The smallest absolute Gasteiger partial charge is 0.253 e. The van der Waals surface area contributed by atoms with E-state index >= 15 is 0 Å². The molecule has 2 atom stereocenters. The Morgan fingerprint density at radius 2 is 1.59 bits per heavy atom. The van der Waals surface area contributed by atoms with Crippen LogP contribution in [0.15, 0.2) is 69.6 Å². The van der Waals surface area contributed by atoms with Crippen LogP contribution in [-0.2, 0) is 12.8 Å². The van der Waals surface area contributed by atoms with Gasteiger partial charge in [-0.05, 0) is 61.8 Å². The molecule has 6 heteroatoms. The number of thiophene rings is 1. The van der Waals surface area contributed by atoms with Gasteiger partial charge >= 0.3 is 0 Å². The Bertz CT molecular complexity index is 1260. The molecule has 0 saturated heterocycles. The normalized spacial score (nSPS) is 13.5. The first-order valence-electron chi connectivity index (χ1n) is 10.9. The van der Waals surface area contributed by atoms with Crippen molar-refractivity contribution in [1.29, 1.82) is 0 Å². The van der Waals surface area contributed by atoms with Crippen LogP contribution in [0.3, 0.4) is 0 Å². The van der Waals surface area contributed by atoms with Crippen molar-refractivity contribution in [2.75, 3.05) is 31.3 Å². The second-order valence-corrected chi connectivity index (χ2v) is 9.51. The summed E-state index contributed by atoms with van der Waals surface area (Å²) in [6.45, 7) is 2.64. The van der Waals surface area contributed by atoms with E-state index < -0.39 is 10.9 Å². The number of likely N-dealkylation sites (N-methyl/N-ethyl adjacent to an activating group) is 1. The molecule has 1 aromatic heterocycles. The Morgan fingerprint density at radius 1 is 0.906 bits per heavy atom. The lowest BCUT2D eigenvalue weighted by Gasteiger charge is -2.26. The average molecular weight is 448 g/mol. The summed E-state index contributed by atoms with van der Waals surface area (Å²) in [7, 11) is 4.06. The summed E-state index contributed by atoms with van der Waals surface area (Å²) >= 11 is 1.73. The van der Waals surface area contributed by atoms with E-state index in [9.17, 15) is 9.59 Å². The molecule has 0 aliphatic heterocycles. The maximum atomic E-state index is 12.3. The quantitative estimate of drug-likeness (QED) is 0.358. The lowest BCUT2D eigenvalue weighted by molar-refractivity contribution is 0.303. The van der Waals surface area contributed by atoms with E-state index in [1.165, 1.54) is 21.2 Å². The van der Waals surface area contributed by atoms with Crippen LogP contribution >= 0.6 is 11.3 Å². The predicted octanol–water partition coefficient (Wildman–Crippen LogP) is 4.13. The third-order valence-electron chi connectivity index (χ3n) is 5.95. The number of hydrogen-bond acceptors (Lipinski definition) is 6. The lowest BCUT2D eigenvalue weighted by atomic mass is 10.0. The number of rotatable bonds is 10. The van der Waals surface area contributed by atoms with Gasteiger partial charge in [0, 0.05) is 23.3 Å². The molecule has 0 radical (unpaired) electrons. The van der Waals surface area contributed by atoms with Crippen molar-refractivity contribution >= 4 is 32.8 Å². The SMILES string of the molecule is C[C@@H](Cc1csc2ccccc12)Nc1c(NC[C@H](Cc2ccccc2)N(C)C)c(=O)c1=O. The maximum absolute atomic E-state index is 12.3. The first-order chi connectivity index (χ1) is 15.4. The summed E-state index contributed by atoms with van der Waals surface area (Å²) in [5.74, 6) is 0. The van der Waals surface area contributed by atoms with Crippen molar-refractivity contribution in [3.63, 3.8) is 0 Å². The van der Waals surface area contributed by atoms with Crippen LogP contribution in [0.4, 0.5) is 11.4 Å². The van der Waals surface area contributed by atoms with Crippen molar-refractivity contribution < 1.29 is 0 Å².